The van der Waals surface area contributed by atoms with Crippen molar-refractivity contribution >= 4 is 5.96 Å². The van der Waals surface area contributed by atoms with Crippen LogP contribution in [0, 0.1) is 0 Å². The van der Waals surface area contributed by atoms with Crippen LogP contribution in [0.4, 0.5) is 13.2 Å². The number of benzene rings is 1. The van der Waals surface area contributed by atoms with Gasteiger partial charge < -0.3 is 15.4 Å². The van der Waals surface area contributed by atoms with Crippen LogP contribution < -0.4 is 10.6 Å². The summed E-state index contributed by atoms with van der Waals surface area (Å²) in [6, 6.07) is 5.45. The molecule has 0 unspecified atom stereocenters. The smallest absolute Gasteiger partial charge is 0.385 e. The summed E-state index contributed by atoms with van der Waals surface area (Å²) in [4.78, 5) is 4.11. The molecule has 0 amide bonds. The van der Waals surface area contributed by atoms with Crippen LogP contribution in [-0.4, -0.2) is 39.8 Å². The minimum Gasteiger partial charge on any atom is -0.385 e. The summed E-state index contributed by atoms with van der Waals surface area (Å²) in [5.74, 6) is 0.617. The van der Waals surface area contributed by atoms with Crippen LogP contribution in [0.1, 0.15) is 31.4 Å². The molecule has 136 valence electrons. The van der Waals surface area contributed by atoms with Gasteiger partial charge in [0.1, 0.15) is 0 Å². The first-order chi connectivity index (χ1) is 11.2. The third kappa shape index (κ3) is 6.39. The molecule has 0 heterocycles. The second-order valence-electron chi connectivity index (χ2n) is 6.16. The fourth-order valence-corrected chi connectivity index (χ4v) is 2.17. The normalized spacial score (nSPS) is 13.0. The third-order valence-corrected chi connectivity index (χ3v) is 3.71. The topological polar surface area (TPSA) is 45.7 Å². The van der Waals surface area contributed by atoms with Gasteiger partial charge in [-0.3, -0.25) is 4.99 Å². The first-order valence-electron chi connectivity index (χ1n) is 7.82. The predicted octanol–water partition coefficient (Wildman–Crippen LogP) is 3.18. The van der Waals surface area contributed by atoms with Crippen molar-refractivity contribution in [1.29, 1.82) is 0 Å². The van der Waals surface area contributed by atoms with Gasteiger partial charge in [-0.15, -0.1) is 0 Å². The first kappa shape index (κ1) is 20.3. The van der Waals surface area contributed by atoms with Gasteiger partial charge in [-0.05, 0) is 18.1 Å². The van der Waals surface area contributed by atoms with Gasteiger partial charge in [-0.25, -0.2) is 0 Å². The zero-order valence-corrected chi connectivity index (χ0v) is 14.6. The van der Waals surface area contributed by atoms with Gasteiger partial charge in [0, 0.05) is 39.3 Å². The van der Waals surface area contributed by atoms with Crippen molar-refractivity contribution in [1.82, 2.24) is 10.6 Å². The zero-order chi connectivity index (χ0) is 18.2. The maximum absolute atomic E-state index is 12.9. The molecule has 0 saturated carbocycles. The number of ether oxygens (including phenoxy) is 1. The number of hydrogen-bond donors (Lipinski definition) is 2. The van der Waals surface area contributed by atoms with Gasteiger partial charge in [-0.2, -0.15) is 13.2 Å². The number of nitrogens with zero attached hydrogens (tertiary/aromatic N) is 1. The van der Waals surface area contributed by atoms with E-state index in [9.17, 15) is 13.2 Å². The van der Waals surface area contributed by atoms with Crippen molar-refractivity contribution in [3.63, 3.8) is 0 Å². The van der Waals surface area contributed by atoms with Gasteiger partial charge in [0.05, 0.1) is 5.56 Å². The molecule has 0 fully saturated rings. The highest BCUT2D eigenvalue weighted by molar-refractivity contribution is 5.79. The second kappa shape index (κ2) is 8.92. The molecule has 0 aliphatic heterocycles. The molecule has 24 heavy (non-hydrogen) atoms. The van der Waals surface area contributed by atoms with Gasteiger partial charge in [0.25, 0.3) is 0 Å². The number of hydrogen-bond acceptors (Lipinski definition) is 2. The summed E-state index contributed by atoms with van der Waals surface area (Å²) in [6.07, 6.45) is -3.49. The molecule has 0 spiro atoms. The molecule has 7 heteroatoms. The predicted molar refractivity (Wildman–Crippen MR) is 90.3 cm³/mol. The van der Waals surface area contributed by atoms with E-state index < -0.39 is 17.2 Å². The number of methoxy groups -OCH3 is 1. The Bertz CT molecular complexity index is 542. The lowest BCUT2D eigenvalue weighted by molar-refractivity contribution is -0.137. The van der Waals surface area contributed by atoms with Crippen molar-refractivity contribution in [2.45, 2.75) is 31.9 Å². The van der Waals surface area contributed by atoms with Gasteiger partial charge in [0.2, 0.25) is 0 Å². The molecule has 1 rings (SSSR count). The Balaban J connectivity index is 2.68. The Labute approximate surface area is 141 Å². The van der Waals surface area contributed by atoms with Crippen molar-refractivity contribution in [2.75, 3.05) is 33.9 Å². The molecule has 0 aliphatic rings. The number of aliphatic imine (C=N–C) groups is 1. The van der Waals surface area contributed by atoms with Crippen LogP contribution in [0.2, 0.25) is 0 Å². The van der Waals surface area contributed by atoms with E-state index in [2.05, 4.69) is 15.6 Å². The van der Waals surface area contributed by atoms with Crippen molar-refractivity contribution in [3.8, 4) is 0 Å². The zero-order valence-electron chi connectivity index (χ0n) is 14.6. The fraction of sp³-hybridized carbons (Fsp3) is 0.588. The Morgan fingerprint density at radius 1 is 1.17 bits per heavy atom. The molecule has 4 nitrogen and oxygen atoms in total. The number of guanidine groups is 1. The molecule has 0 aromatic heterocycles. The van der Waals surface area contributed by atoms with E-state index in [0.717, 1.165) is 12.5 Å². The van der Waals surface area contributed by atoms with Gasteiger partial charge in [-0.1, -0.05) is 32.0 Å². The van der Waals surface area contributed by atoms with Crippen LogP contribution in [-0.2, 0) is 16.3 Å². The van der Waals surface area contributed by atoms with Crippen molar-refractivity contribution in [2.24, 2.45) is 4.99 Å². The lowest BCUT2D eigenvalue weighted by Gasteiger charge is -2.27. The minimum atomic E-state index is -4.33. The Morgan fingerprint density at radius 3 is 2.42 bits per heavy atom. The van der Waals surface area contributed by atoms with E-state index in [0.29, 0.717) is 31.2 Å². The van der Waals surface area contributed by atoms with Gasteiger partial charge in [0.15, 0.2) is 5.96 Å². The fourth-order valence-electron chi connectivity index (χ4n) is 2.17. The van der Waals surface area contributed by atoms with Gasteiger partial charge >= 0.3 is 6.18 Å². The molecule has 2 N–H and O–H groups in total. The summed E-state index contributed by atoms with van der Waals surface area (Å²) in [5, 5.41) is 6.30. The first-order valence-corrected chi connectivity index (χ1v) is 7.82. The molecule has 0 saturated heterocycles. The summed E-state index contributed by atoms with van der Waals surface area (Å²) >= 11 is 0. The Kier molecular flexibility index (Phi) is 7.54. The SMILES string of the molecule is CN=C(NCCCOC)NCC(C)(C)c1cccc(C(F)(F)F)c1. The van der Waals surface area contributed by atoms with E-state index >= 15 is 0 Å². The molecular formula is C17H26F3N3O. The quantitative estimate of drug-likeness (QED) is 0.453. The highest BCUT2D eigenvalue weighted by Gasteiger charge is 2.32. The van der Waals surface area contributed by atoms with E-state index in [1.807, 2.05) is 13.8 Å². The Morgan fingerprint density at radius 2 is 1.83 bits per heavy atom. The lowest BCUT2D eigenvalue weighted by atomic mass is 9.84. The standard InChI is InChI=1S/C17H26F3N3O/c1-16(2,12-23-15(21-3)22-9-6-10-24-4)13-7-5-8-14(11-13)17(18,19)20/h5,7-8,11H,6,9-10,12H2,1-4H3,(H2,21,22,23). The summed E-state index contributed by atoms with van der Waals surface area (Å²) in [5.41, 5.74) is -0.486. The number of rotatable bonds is 7. The monoisotopic (exact) mass is 345 g/mol. The van der Waals surface area contributed by atoms with E-state index in [1.165, 1.54) is 12.1 Å². The van der Waals surface area contributed by atoms with Crippen molar-refractivity contribution in [3.05, 3.63) is 35.4 Å². The minimum absolute atomic E-state index is 0.457. The average Bonchev–Trinajstić information content (AvgIpc) is 2.53. The summed E-state index contributed by atoms with van der Waals surface area (Å²) in [6.45, 7) is 5.61. The second-order valence-corrected chi connectivity index (χ2v) is 6.16. The molecule has 0 aliphatic carbocycles. The molecule has 0 atom stereocenters. The van der Waals surface area contributed by atoms with Crippen LogP contribution >= 0.6 is 0 Å². The highest BCUT2D eigenvalue weighted by Crippen LogP contribution is 2.32. The maximum Gasteiger partial charge on any atom is 0.416 e. The van der Waals surface area contributed by atoms with Crippen molar-refractivity contribution < 1.29 is 17.9 Å². The largest absolute Gasteiger partial charge is 0.416 e. The van der Waals surface area contributed by atoms with Crippen LogP contribution in [0.25, 0.3) is 0 Å². The number of nitrogens with one attached hydrogen (secondary N) is 2. The maximum atomic E-state index is 12.9. The molecule has 1 aromatic rings. The number of alkyl halides is 3. The molecule has 0 bridgehead atoms. The lowest BCUT2D eigenvalue weighted by Crippen LogP contribution is -2.43. The molecule has 0 radical (unpaired) electrons. The van der Waals surface area contributed by atoms with Crippen LogP contribution in [0.15, 0.2) is 29.3 Å². The van der Waals surface area contributed by atoms with E-state index in [1.54, 1.807) is 20.2 Å². The van der Waals surface area contributed by atoms with Crippen LogP contribution in [0.3, 0.4) is 0 Å². The third-order valence-electron chi connectivity index (χ3n) is 3.71. The van der Waals surface area contributed by atoms with Crippen LogP contribution in [0.5, 0.6) is 0 Å². The van der Waals surface area contributed by atoms with E-state index in [-0.39, 0.29) is 0 Å². The highest BCUT2D eigenvalue weighted by atomic mass is 19.4. The van der Waals surface area contributed by atoms with E-state index in [4.69, 9.17) is 4.74 Å². The Hall–Kier alpha value is -1.76. The molecular weight excluding hydrogens is 319 g/mol. The average molecular weight is 345 g/mol. The number of halogens is 3. The molecule has 1 aromatic carbocycles. The summed E-state index contributed by atoms with van der Waals surface area (Å²) < 4.78 is 43.6. The summed E-state index contributed by atoms with van der Waals surface area (Å²) in [7, 11) is 3.30.